The number of halogens is 3. The molecular formula is C45H58F3N7O6. The summed E-state index contributed by atoms with van der Waals surface area (Å²) in [6.45, 7) is 10.4. The first kappa shape index (κ1) is 48.0. The van der Waals surface area contributed by atoms with Crippen LogP contribution < -0.4 is 26.0 Å². The number of ether oxygens (including phenoxy) is 1. The summed E-state index contributed by atoms with van der Waals surface area (Å²) in [5.41, 5.74) is 0.372. The van der Waals surface area contributed by atoms with Crippen LogP contribution in [0, 0.1) is 23.2 Å². The Bertz CT molecular complexity index is 1920. The first-order valence-corrected chi connectivity index (χ1v) is 21.0. The number of piperazine rings is 1. The van der Waals surface area contributed by atoms with Crippen LogP contribution in [-0.2, 0) is 36.7 Å². The molecule has 61 heavy (non-hydrogen) atoms. The fraction of sp³-hybridized carbons (Fsp3) is 0.511. The Morgan fingerprint density at radius 1 is 1.03 bits per heavy atom. The quantitative estimate of drug-likeness (QED) is 0.0647. The molecule has 2 aliphatic heterocycles. The van der Waals surface area contributed by atoms with Crippen molar-refractivity contribution in [1.29, 1.82) is 5.26 Å². The number of allylic oxidation sites excluding steroid dienone is 4. The largest absolute Gasteiger partial charge is 0.493 e. The monoisotopic (exact) mass is 849 g/mol. The van der Waals surface area contributed by atoms with Crippen LogP contribution in [0.25, 0.3) is 0 Å². The molecular weight excluding hydrogens is 792 g/mol. The zero-order valence-electron chi connectivity index (χ0n) is 35.2. The van der Waals surface area contributed by atoms with Gasteiger partial charge in [-0.25, -0.2) is 0 Å². The van der Waals surface area contributed by atoms with Gasteiger partial charge in [-0.2, -0.15) is 18.4 Å². The van der Waals surface area contributed by atoms with Gasteiger partial charge in [0, 0.05) is 63.4 Å². The minimum Gasteiger partial charge on any atom is -0.493 e. The number of hydrogen-bond donors (Lipinski definition) is 4. The molecule has 0 aliphatic carbocycles. The van der Waals surface area contributed by atoms with Crippen LogP contribution in [0.15, 0.2) is 66.4 Å². The Morgan fingerprint density at radius 3 is 2.43 bits per heavy atom. The number of alkyl halides is 3. The number of piperidine rings is 1. The molecule has 0 saturated carbocycles. The predicted octanol–water partition coefficient (Wildman–Crippen LogP) is 6.21. The summed E-state index contributed by atoms with van der Waals surface area (Å²) in [5, 5.41) is 19.5. The van der Waals surface area contributed by atoms with Crippen molar-refractivity contribution in [1.82, 2.24) is 25.8 Å². The lowest BCUT2D eigenvalue weighted by Crippen LogP contribution is -2.52. The average molecular weight is 850 g/mol. The molecule has 4 rings (SSSR count). The lowest BCUT2D eigenvalue weighted by molar-refractivity contribution is -0.138. The molecule has 2 aliphatic rings. The Hall–Kier alpha value is -5.69. The van der Waals surface area contributed by atoms with Crippen molar-refractivity contribution in [2.45, 2.75) is 97.3 Å². The fourth-order valence-electron chi connectivity index (χ4n) is 7.11. The molecule has 0 aromatic heterocycles. The number of carbonyl (C=O) groups is 5. The molecule has 0 radical (unpaired) electrons. The van der Waals surface area contributed by atoms with Crippen molar-refractivity contribution in [2.75, 3.05) is 44.6 Å². The van der Waals surface area contributed by atoms with Crippen LogP contribution in [0.1, 0.15) is 95.2 Å². The molecule has 2 aromatic carbocycles. The molecule has 2 unspecified atom stereocenters. The van der Waals surface area contributed by atoms with Crippen LogP contribution in [-0.4, -0.2) is 84.7 Å². The maximum Gasteiger partial charge on any atom is 0.417 e. The van der Waals surface area contributed by atoms with E-state index in [2.05, 4.69) is 44.1 Å². The van der Waals surface area contributed by atoms with Crippen LogP contribution in [0.3, 0.4) is 0 Å². The summed E-state index contributed by atoms with van der Waals surface area (Å²) in [6.07, 6.45) is 7.04. The minimum absolute atomic E-state index is 0.0212. The molecule has 0 spiro atoms. The fourth-order valence-corrected chi connectivity index (χ4v) is 7.11. The number of carbonyl (C=O) groups excluding carboxylic acids is 5. The number of hydrogen-bond acceptors (Lipinski definition) is 9. The van der Waals surface area contributed by atoms with E-state index in [1.807, 2.05) is 19.1 Å². The number of unbranched alkanes of at least 4 members (excludes halogenated alkanes) is 2. The van der Waals surface area contributed by atoms with E-state index in [0.29, 0.717) is 31.6 Å². The van der Waals surface area contributed by atoms with E-state index in [1.54, 1.807) is 31.2 Å². The molecule has 0 bridgehead atoms. The van der Waals surface area contributed by atoms with Gasteiger partial charge < -0.3 is 25.6 Å². The third-order valence-corrected chi connectivity index (χ3v) is 10.6. The van der Waals surface area contributed by atoms with Gasteiger partial charge in [0.1, 0.15) is 11.8 Å². The minimum atomic E-state index is -4.73. The van der Waals surface area contributed by atoms with Crippen LogP contribution in [0.5, 0.6) is 5.75 Å². The zero-order valence-corrected chi connectivity index (χ0v) is 35.2. The highest BCUT2D eigenvalue weighted by Gasteiger charge is 2.34. The van der Waals surface area contributed by atoms with E-state index < -0.39 is 41.1 Å². The second kappa shape index (κ2) is 23.9. The number of nitrogens with zero attached hydrogens (tertiary/aromatic N) is 3. The Morgan fingerprint density at radius 2 is 1.77 bits per heavy atom. The first-order valence-electron chi connectivity index (χ1n) is 21.0. The Balaban J connectivity index is 1.12. The van der Waals surface area contributed by atoms with Crippen LogP contribution in [0.4, 0.5) is 18.9 Å². The normalized spacial score (nSPS) is 17.3. The van der Waals surface area contributed by atoms with Gasteiger partial charge in [0.05, 0.1) is 29.7 Å². The van der Waals surface area contributed by atoms with E-state index >= 15 is 0 Å². The number of anilines is 1. The molecule has 330 valence electrons. The van der Waals surface area contributed by atoms with Gasteiger partial charge in [-0.3, -0.25) is 34.2 Å². The standard InChI is InChI=1S/C45H58F3N7O6/c1-4-6-10-36(25-33(9-5-2)26-42(58)52-39-18-19-41(57)53-44(39)60)55-23-21-54(22-24-55)20-8-7-11-40(56)50-29-32-12-16-37(17-13-32)61-30-31(3)43(59)51-35-15-14-34(28-49)38(27-35)45(46,47)48/h5,9-10,12-17,27,31,33,39H,4,6-8,11,18-26,29-30H2,1-3H3,(H,50,56)(H,51,59)(H,52,58)(H,53,57,60)/b9-5-,36-10-/t31-,33?,39?/m1/s1. The molecule has 2 aromatic rings. The van der Waals surface area contributed by atoms with E-state index in [-0.39, 0.29) is 48.8 Å². The summed E-state index contributed by atoms with van der Waals surface area (Å²) in [6, 6.07) is 10.9. The van der Waals surface area contributed by atoms with Crippen molar-refractivity contribution < 1.29 is 41.9 Å². The third kappa shape index (κ3) is 16.0. The van der Waals surface area contributed by atoms with Crippen molar-refractivity contribution in [3.8, 4) is 11.8 Å². The first-order chi connectivity index (χ1) is 29.2. The van der Waals surface area contributed by atoms with Gasteiger partial charge in [0.15, 0.2) is 0 Å². The van der Waals surface area contributed by atoms with Crippen molar-refractivity contribution in [3.63, 3.8) is 0 Å². The van der Waals surface area contributed by atoms with E-state index in [4.69, 9.17) is 10.00 Å². The molecule has 2 fully saturated rings. The summed E-state index contributed by atoms with van der Waals surface area (Å²) >= 11 is 0. The second-order valence-electron chi connectivity index (χ2n) is 15.5. The highest BCUT2D eigenvalue weighted by atomic mass is 19.4. The molecule has 2 heterocycles. The maximum atomic E-state index is 13.3. The predicted molar refractivity (Wildman–Crippen MR) is 224 cm³/mol. The van der Waals surface area contributed by atoms with Gasteiger partial charge >= 0.3 is 6.18 Å². The second-order valence-corrected chi connectivity index (χ2v) is 15.5. The molecule has 3 atom stereocenters. The van der Waals surface area contributed by atoms with Gasteiger partial charge in [-0.15, -0.1) is 0 Å². The average Bonchev–Trinajstić information content (AvgIpc) is 3.23. The van der Waals surface area contributed by atoms with Gasteiger partial charge in [0.25, 0.3) is 0 Å². The van der Waals surface area contributed by atoms with Gasteiger partial charge in [0.2, 0.25) is 29.5 Å². The van der Waals surface area contributed by atoms with E-state index in [1.165, 1.54) is 17.8 Å². The van der Waals surface area contributed by atoms with Crippen LogP contribution >= 0.6 is 0 Å². The van der Waals surface area contributed by atoms with Crippen molar-refractivity contribution in [3.05, 3.63) is 83.1 Å². The number of nitriles is 1. The van der Waals surface area contributed by atoms with Gasteiger partial charge in [-0.05, 0) is 87.4 Å². The maximum absolute atomic E-state index is 13.3. The third-order valence-electron chi connectivity index (χ3n) is 10.6. The summed E-state index contributed by atoms with van der Waals surface area (Å²) in [4.78, 5) is 66.6. The lowest BCUT2D eigenvalue weighted by atomic mass is 9.96. The number of nitrogens with one attached hydrogen (secondary N) is 4. The highest BCUT2D eigenvalue weighted by Crippen LogP contribution is 2.33. The number of amides is 5. The van der Waals surface area contributed by atoms with E-state index in [9.17, 15) is 37.1 Å². The summed E-state index contributed by atoms with van der Waals surface area (Å²) in [7, 11) is 0. The number of imide groups is 1. The topological polar surface area (TPSA) is 173 Å². The van der Waals surface area contributed by atoms with Crippen molar-refractivity contribution in [2.24, 2.45) is 11.8 Å². The van der Waals surface area contributed by atoms with Crippen molar-refractivity contribution >= 4 is 35.2 Å². The Kier molecular flexibility index (Phi) is 18.8. The molecule has 4 N–H and O–H groups in total. The SMILES string of the molecule is C/C=C\C(CC(=O)NC1CCC(=O)NC1=O)C/C(=C/CCC)N1CCN(CCCCC(=O)NCc2ccc(OC[C@@H](C)C(=O)Nc3ccc(C#N)c(C(F)(F)F)c3)cc2)CC1. The molecule has 16 heteroatoms. The number of rotatable bonds is 21. The Labute approximate surface area is 356 Å². The molecule has 2 saturated heterocycles. The van der Waals surface area contributed by atoms with E-state index in [0.717, 1.165) is 76.1 Å². The molecule has 13 nitrogen and oxygen atoms in total. The lowest BCUT2D eigenvalue weighted by Gasteiger charge is -2.38. The highest BCUT2D eigenvalue weighted by molar-refractivity contribution is 6.01. The van der Waals surface area contributed by atoms with Gasteiger partial charge in [-0.1, -0.05) is 50.6 Å². The summed E-state index contributed by atoms with van der Waals surface area (Å²) in [5.74, 6) is -1.78. The zero-order chi connectivity index (χ0) is 44.4. The summed E-state index contributed by atoms with van der Waals surface area (Å²) < 4.78 is 45.6. The molecule has 5 amide bonds. The number of benzene rings is 2. The smallest absolute Gasteiger partial charge is 0.417 e. The van der Waals surface area contributed by atoms with Crippen LogP contribution in [0.2, 0.25) is 0 Å².